The molecule has 0 saturated heterocycles. The first-order valence-corrected chi connectivity index (χ1v) is 3.53. The van der Waals surface area contributed by atoms with Crippen molar-refractivity contribution in [1.82, 2.24) is 0 Å². The molecule has 1 aliphatic rings. The third kappa shape index (κ3) is 1.63. The van der Waals surface area contributed by atoms with E-state index in [1.54, 1.807) is 6.08 Å². The van der Waals surface area contributed by atoms with E-state index in [-0.39, 0.29) is 6.61 Å². The van der Waals surface area contributed by atoms with Crippen molar-refractivity contribution < 1.29 is 14.6 Å². The molecule has 4 heteroatoms. The van der Waals surface area contributed by atoms with E-state index in [1.807, 2.05) is 0 Å². The first kappa shape index (κ1) is 8.75. The van der Waals surface area contributed by atoms with Gasteiger partial charge in [-0.3, -0.25) is 0 Å². The van der Waals surface area contributed by atoms with Crippen molar-refractivity contribution in [3.8, 4) is 0 Å². The van der Waals surface area contributed by atoms with Gasteiger partial charge in [0.25, 0.3) is 0 Å². The Morgan fingerprint density at radius 2 is 2.09 bits per heavy atom. The summed E-state index contributed by atoms with van der Waals surface area (Å²) in [6.07, 6.45) is 0.390. The molecule has 0 unspecified atom stereocenters. The van der Waals surface area contributed by atoms with Gasteiger partial charge in [0.1, 0.15) is 6.17 Å². The molecule has 2 N–H and O–H groups in total. The van der Waals surface area contributed by atoms with Gasteiger partial charge in [-0.2, -0.15) is 0 Å². The van der Waals surface area contributed by atoms with Crippen LogP contribution in [0.4, 0.5) is 4.39 Å². The van der Waals surface area contributed by atoms with Gasteiger partial charge in [-0.1, -0.05) is 12.2 Å². The molecule has 0 spiro atoms. The van der Waals surface area contributed by atoms with Crippen LogP contribution in [-0.4, -0.2) is 36.9 Å². The highest BCUT2D eigenvalue weighted by molar-refractivity contribution is 6.13. The zero-order chi connectivity index (χ0) is 8.43. The number of hydrogen-bond acceptors (Lipinski definition) is 2. The SMILES string of the molecule is [B][C@@H]1C=C[C@H](CO)[C@@H](O)[C@H]1F. The Morgan fingerprint density at radius 1 is 1.45 bits per heavy atom. The van der Waals surface area contributed by atoms with E-state index < -0.39 is 24.0 Å². The molecule has 2 radical (unpaired) electrons. The van der Waals surface area contributed by atoms with E-state index in [0.717, 1.165) is 0 Å². The van der Waals surface area contributed by atoms with Gasteiger partial charge in [-0.15, -0.1) is 0 Å². The van der Waals surface area contributed by atoms with Gasteiger partial charge in [0.05, 0.1) is 20.6 Å². The molecule has 0 amide bonds. The van der Waals surface area contributed by atoms with Crippen molar-refractivity contribution in [2.24, 2.45) is 5.92 Å². The number of alkyl halides is 1. The maximum absolute atomic E-state index is 12.9. The van der Waals surface area contributed by atoms with Gasteiger partial charge in [-0.05, 0) is 5.82 Å². The molecule has 60 valence electrons. The van der Waals surface area contributed by atoms with E-state index >= 15 is 0 Å². The normalized spacial score (nSPS) is 44.3. The third-order valence-corrected chi connectivity index (χ3v) is 1.92. The van der Waals surface area contributed by atoms with E-state index in [9.17, 15) is 4.39 Å². The molecule has 0 aromatic carbocycles. The molecule has 2 nitrogen and oxygen atoms in total. The van der Waals surface area contributed by atoms with Crippen LogP contribution in [0.1, 0.15) is 0 Å². The molecule has 0 bridgehead atoms. The Balaban J connectivity index is 2.68. The first-order chi connectivity index (χ1) is 5.16. The lowest BCUT2D eigenvalue weighted by Crippen LogP contribution is -2.37. The maximum atomic E-state index is 12.9. The minimum Gasteiger partial charge on any atom is -0.396 e. The third-order valence-electron chi connectivity index (χ3n) is 1.92. The van der Waals surface area contributed by atoms with Crippen molar-refractivity contribution in [2.75, 3.05) is 6.61 Å². The minimum absolute atomic E-state index is 0.245. The average Bonchev–Trinajstić information content (AvgIpc) is 2.01. The number of allylic oxidation sites excluding steroid dienone is 1. The number of rotatable bonds is 1. The molecule has 0 aromatic rings. The summed E-state index contributed by atoms with van der Waals surface area (Å²) in [4.78, 5) is 0. The summed E-state index contributed by atoms with van der Waals surface area (Å²) in [7, 11) is 5.28. The standard InChI is InChI=1S/C7H10BFO2/c8-5-2-1-4(3-10)7(11)6(5)9/h1-2,4-7,10-11H,3H2/t4-,5-,6+,7-/m1/s1. The highest BCUT2D eigenvalue weighted by Crippen LogP contribution is 2.27. The molecule has 0 saturated carbocycles. The van der Waals surface area contributed by atoms with Crippen molar-refractivity contribution in [2.45, 2.75) is 18.1 Å². The number of aliphatic hydroxyl groups excluding tert-OH is 2. The molecule has 0 heterocycles. The molecule has 0 aliphatic heterocycles. The minimum atomic E-state index is -1.46. The Kier molecular flexibility index (Phi) is 2.68. The fraction of sp³-hybridized carbons (Fsp3) is 0.714. The largest absolute Gasteiger partial charge is 0.396 e. The number of halogens is 1. The highest BCUT2D eigenvalue weighted by Gasteiger charge is 2.31. The fourth-order valence-electron chi connectivity index (χ4n) is 1.12. The molecule has 0 aromatic heterocycles. The lowest BCUT2D eigenvalue weighted by molar-refractivity contribution is 0.0201. The molecule has 0 fully saturated rings. The fourth-order valence-corrected chi connectivity index (χ4v) is 1.12. The number of hydrogen-bond donors (Lipinski definition) is 2. The summed E-state index contributed by atoms with van der Waals surface area (Å²) in [5.41, 5.74) is 0. The van der Waals surface area contributed by atoms with Crippen LogP contribution in [0.15, 0.2) is 12.2 Å². The van der Waals surface area contributed by atoms with Crippen molar-refractivity contribution in [3.63, 3.8) is 0 Å². The summed E-state index contributed by atoms with van der Waals surface area (Å²) in [6, 6.07) is 0. The van der Waals surface area contributed by atoms with E-state index in [4.69, 9.17) is 18.1 Å². The van der Waals surface area contributed by atoms with Crippen LogP contribution < -0.4 is 0 Å². The quantitative estimate of drug-likeness (QED) is 0.408. The Labute approximate surface area is 66.1 Å². The van der Waals surface area contributed by atoms with Crippen molar-refractivity contribution in [1.29, 1.82) is 0 Å². The van der Waals surface area contributed by atoms with Crippen LogP contribution in [0.2, 0.25) is 5.82 Å². The highest BCUT2D eigenvalue weighted by atomic mass is 19.1. The topological polar surface area (TPSA) is 40.5 Å². The van der Waals surface area contributed by atoms with Crippen LogP contribution in [-0.2, 0) is 0 Å². The Bertz CT molecular complexity index is 163. The second-order valence-corrected chi connectivity index (χ2v) is 2.74. The molecule has 4 atom stereocenters. The van der Waals surface area contributed by atoms with Crippen LogP contribution >= 0.6 is 0 Å². The van der Waals surface area contributed by atoms with Gasteiger partial charge >= 0.3 is 0 Å². The van der Waals surface area contributed by atoms with E-state index in [1.165, 1.54) is 6.08 Å². The Morgan fingerprint density at radius 3 is 2.64 bits per heavy atom. The summed E-state index contributed by atoms with van der Waals surface area (Å²) in [5.74, 6) is -1.25. The predicted octanol–water partition coefficient (Wildman–Crippen LogP) is -0.179. The second-order valence-electron chi connectivity index (χ2n) is 2.74. The Hall–Kier alpha value is -0.345. The summed E-state index contributed by atoms with van der Waals surface area (Å²) < 4.78 is 12.9. The van der Waals surface area contributed by atoms with Crippen molar-refractivity contribution in [3.05, 3.63) is 12.2 Å². The van der Waals surface area contributed by atoms with Crippen LogP contribution in [0, 0.1) is 5.92 Å². The van der Waals surface area contributed by atoms with Gasteiger partial charge in [-0.25, -0.2) is 4.39 Å². The molecule has 1 rings (SSSR count). The van der Waals surface area contributed by atoms with E-state index in [0.29, 0.717) is 0 Å². The monoisotopic (exact) mass is 156 g/mol. The molecular weight excluding hydrogens is 146 g/mol. The predicted molar refractivity (Wildman–Crippen MR) is 40.1 cm³/mol. The summed E-state index contributed by atoms with van der Waals surface area (Å²) in [5, 5.41) is 17.8. The second kappa shape index (κ2) is 3.37. The first-order valence-electron chi connectivity index (χ1n) is 3.53. The number of aliphatic hydroxyl groups is 2. The lowest BCUT2D eigenvalue weighted by atomic mass is 9.74. The van der Waals surface area contributed by atoms with Gasteiger partial charge in [0.15, 0.2) is 0 Å². The van der Waals surface area contributed by atoms with E-state index in [2.05, 4.69) is 0 Å². The molecular formula is C7H10BFO2. The van der Waals surface area contributed by atoms with Gasteiger partial charge in [0.2, 0.25) is 0 Å². The average molecular weight is 156 g/mol. The molecule has 1 aliphatic carbocycles. The van der Waals surface area contributed by atoms with Crippen LogP contribution in [0.3, 0.4) is 0 Å². The van der Waals surface area contributed by atoms with Gasteiger partial charge < -0.3 is 10.2 Å². The maximum Gasteiger partial charge on any atom is 0.125 e. The zero-order valence-corrected chi connectivity index (χ0v) is 6.02. The lowest BCUT2D eigenvalue weighted by Gasteiger charge is -2.28. The van der Waals surface area contributed by atoms with Gasteiger partial charge in [0, 0.05) is 5.92 Å². The summed E-state index contributed by atoms with van der Waals surface area (Å²) in [6.45, 7) is -0.245. The van der Waals surface area contributed by atoms with Crippen LogP contribution in [0.5, 0.6) is 0 Å². The summed E-state index contributed by atoms with van der Waals surface area (Å²) >= 11 is 0. The smallest absolute Gasteiger partial charge is 0.125 e. The zero-order valence-electron chi connectivity index (χ0n) is 6.02. The van der Waals surface area contributed by atoms with Crippen LogP contribution in [0.25, 0.3) is 0 Å². The van der Waals surface area contributed by atoms with Crippen molar-refractivity contribution >= 4 is 7.85 Å². The molecule has 11 heavy (non-hydrogen) atoms.